The minimum atomic E-state index is -0.0576. The van der Waals surface area contributed by atoms with E-state index in [1.165, 1.54) is 32.8 Å². The Balaban J connectivity index is 2.09. The van der Waals surface area contributed by atoms with Crippen LogP contribution in [0, 0.1) is 17.8 Å². The molecule has 0 aliphatic heterocycles. The molecule has 3 N–H and O–H groups in total. The predicted molar refractivity (Wildman–Crippen MR) is 87.7 cm³/mol. The van der Waals surface area contributed by atoms with Crippen molar-refractivity contribution in [1.82, 2.24) is 0 Å². The summed E-state index contributed by atoms with van der Waals surface area (Å²) in [5.74, 6) is 2.19. The first-order valence-electron chi connectivity index (χ1n) is 8.08. The number of hydrogen-bond acceptors (Lipinski definition) is 5. The van der Waals surface area contributed by atoms with E-state index in [4.69, 9.17) is 20.2 Å². The lowest BCUT2D eigenvalue weighted by atomic mass is 9.81. The van der Waals surface area contributed by atoms with Crippen LogP contribution in [0.25, 0.3) is 0 Å². The Hall–Kier alpha value is -1.49. The molecule has 0 amide bonds. The molecule has 22 heavy (non-hydrogen) atoms. The molecule has 0 aromatic rings. The van der Waals surface area contributed by atoms with Gasteiger partial charge in [0.25, 0.3) is 0 Å². The molecule has 0 aromatic heterocycles. The van der Waals surface area contributed by atoms with E-state index >= 15 is 0 Å². The van der Waals surface area contributed by atoms with Gasteiger partial charge in [-0.3, -0.25) is 4.99 Å². The second kappa shape index (κ2) is 7.68. The summed E-state index contributed by atoms with van der Waals surface area (Å²) in [7, 11) is 3.10. The number of nitrogens with zero attached hydrogens (tertiary/aromatic N) is 1. The molecule has 124 valence electrons. The zero-order valence-electron chi connectivity index (χ0n) is 13.8. The fourth-order valence-electron chi connectivity index (χ4n) is 3.42. The van der Waals surface area contributed by atoms with E-state index < -0.39 is 0 Å². The van der Waals surface area contributed by atoms with Crippen LogP contribution >= 0.6 is 0 Å². The van der Waals surface area contributed by atoms with Gasteiger partial charge in [0.05, 0.1) is 20.1 Å². The molecule has 2 aliphatic rings. The van der Waals surface area contributed by atoms with Crippen molar-refractivity contribution in [2.75, 3.05) is 27.3 Å². The maximum Gasteiger partial charge on any atom is 0.197 e. The van der Waals surface area contributed by atoms with Gasteiger partial charge >= 0.3 is 0 Å². The Morgan fingerprint density at radius 2 is 2.00 bits per heavy atom. The largest absolute Gasteiger partial charge is 0.502 e. The second-order valence-electron chi connectivity index (χ2n) is 6.25. The van der Waals surface area contributed by atoms with Gasteiger partial charge in [-0.2, -0.15) is 0 Å². The number of aliphatic imine (C=N–C) groups is 1. The molecule has 3 atom stereocenters. The third kappa shape index (κ3) is 3.64. The molecule has 2 rings (SSSR count). The van der Waals surface area contributed by atoms with Crippen LogP contribution in [0.4, 0.5) is 0 Å². The number of hydrogen-bond donors (Lipinski definition) is 2. The van der Waals surface area contributed by atoms with Crippen LogP contribution in [-0.4, -0.2) is 38.1 Å². The van der Waals surface area contributed by atoms with E-state index in [1.54, 1.807) is 7.11 Å². The van der Waals surface area contributed by atoms with Crippen molar-refractivity contribution >= 4 is 5.71 Å². The average molecular weight is 308 g/mol. The number of rotatable bonds is 5. The Labute approximate surface area is 132 Å². The van der Waals surface area contributed by atoms with Crippen molar-refractivity contribution in [3.05, 3.63) is 23.4 Å². The summed E-state index contributed by atoms with van der Waals surface area (Å²) in [6.07, 6.45) is 6.70. The zero-order valence-corrected chi connectivity index (χ0v) is 13.8. The Kier molecular flexibility index (Phi) is 5.89. The molecule has 0 heterocycles. The third-order valence-corrected chi connectivity index (χ3v) is 4.78. The third-order valence-electron chi connectivity index (χ3n) is 4.78. The normalized spacial score (nSPS) is 31.2. The van der Waals surface area contributed by atoms with Gasteiger partial charge in [0.2, 0.25) is 0 Å². The van der Waals surface area contributed by atoms with Crippen LogP contribution in [0.2, 0.25) is 0 Å². The first-order chi connectivity index (χ1) is 10.6. The van der Waals surface area contributed by atoms with E-state index in [9.17, 15) is 5.11 Å². The van der Waals surface area contributed by atoms with Crippen molar-refractivity contribution in [3.8, 4) is 0 Å². The van der Waals surface area contributed by atoms with Crippen molar-refractivity contribution in [1.29, 1.82) is 0 Å². The van der Waals surface area contributed by atoms with Gasteiger partial charge in [0.1, 0.15) is 5.76 Å². The predicted octanol–water partition coefficient (Wildman–Crippen LogP) is 2.79. The minimum Gasteiger partial charge on any atom is -0.502 e. The smallest absolute Gasteiger partial charge is 0.197 e. The molecule has 2 aliphatic carbocycles. The van der Waals surface area contributed by atoms with Gasteiger partial charge in [0.15, 0.2) is 11.5 Å². The van der Waals surface area contributed by atoms with Crippen molar-refractivity contribution in [2.45, 2.75) is 32.6 Å². The van der Waals surface area contributed by atoms with Crippen LogP contribution in [0.1, 0.15) is 32.6 Å². The summed E-state index contributed by atoms with van der Waals surface area (Å²) in [4.78, 5) is 4.78. The van der Waals surface area contributed by atoms with Crippen LogP contribution in [0.5, 0.6) is 0 Å². The van der Waals surface area contributed by atoms with E-state index in [0.29, 0.717) is 23.4 Å². The molecular weight excluding hydrogens is 280 g/mol. The van der Waals surface area contributed by atoms with Crippen molar-refractivity contribution in [2.24, 2.45) is 28.5 Å². The standard InChI is InChI=1S/C17H28N2O3/c1-11-14(8-15(21-2)16(20)17(11)22-3)19-10-13-6-4-5-12(7-13)9-18/h8,11-13,20H,4-7,9-10,18H2,1-3H3/b19-14+. The number of aliphatic hydroxyl groups is 1. The molecule has 0 saturated heterocycles. The van der Waals surface area contributed by atoms with Crippen LogP contribution in [0.3, 0.4) is 0 Å². The monoisotopic (exact) mass is 308 g/mol. The number of ether oxygens (including phenoxy) is 2. The average Bonchev–Trinajstić information content (AvgIpc) is 2.55. The summed E-state index contributed by atoms with van der Waals surface area (Å²) in [5.41, 5.74) is 6.71. The van der Waals surface area contributed by atoms with Crippen molar-refractivity contribution < 1.29 is 14.6 Å². The fourth-order valence-corrected chi connectivity index (χ4v) is 3.42. The summed E-state index contributed by atoms with van der Waals surface area (Å²) >= 11 is 0. The summed E-state index contributed by atoms with van der Waals surface area (Å²) < 4.78 is 10.5. The van der Waals surface area contributed by atoms with E-state index in [0.717, 1.165) is 18.8 Å². The minimum absolute atomic E-state index is 0.0576. The highest BCUT2D eigenvalue weighted by molar-refractivity contribution is 6.00. The Morgan fingerprint density at radius 1 is 1.27 bits per heavy atom. The first kappa shape index (κ1) is 16.9. The molecule has 0 bridgehead atoms. The summed E-state index contributed by atoms with van der Waals surface area (Å²) in [5, 5.41) is 10.1. The molecular formula is C17H28N2O3. The molecule has 0 spiro atoms. The Morgan fingerprint density at radius 3 is 2.64 bits per heavy atom. The summed E-state index contributed by atoms with van der Waals surface area (Å²) in [6, 6.07) is 0. The topological polar surface area (TPSA) is 77.1 Å². The maximum atomic E-state index is 10.1. The number of allylic oxidation sites excluding steroid dienone is 2. The van der Waals surface area contributed by atoms with E-state index in [1.807, 2.05) is 13.0 Å². The molecule has 0 radical (unpaired) electrons. The molecule has 1 saturated carbocycles. The van der Waals surface area contributed by atoms with Crippen LogP contribution in [0.15, 0.2) is 28.3 Å². The first-order valence-corrected chi connectivity index (χ1v) is 8.08. The molecule has 3 unspecified atom stereocenters. The highest BCUT2D eigenvalue weighted by Crippen LogP contribution is 2.30. The van der Waals surface area contributed by atoms with Crippen molar-refractivity contribution in [3.63, 3.8) is 0 Å². The molecule has 5 nitrogen and oxygen atoms in total. The maximum absolute atomic E-state index is 10.1. The lowest BCUT2D eigenvalue weighted by Crippen LogP contribution is -2.25. The molecule has 1 fully saturated rings. The van der Waals surface area contributed by atoms with Gasteiger partial charge in [-0.15, -0.1) is 0 Å². The molecule has 5 heteroatoms. The van der Waals surface area contributed by atoms with E-state index in [-0.39, 0.29) is 11.7 Å². The number of aliphatic hydroxyl groups excluding tert-OH is 1. The zero-order chi connectivity index (χ0) is 16.1. The second-order valence-corrected chi connectivity index (χ2v) is 6.25. The SMILES string of the molecule is COC1=C/C(=N\CC2CCCC(CN)C2)C(C)C(OC)=C1O. The van der Waals surface area contributed by atoms with Gasteiger partial charge in [-0.1, -0.05) is 6.42 Å². The highest BCUT2D eigenvalue weighted by atomic mass is 16.5. The Bertz CT molecular complexity index is 482. The van der Waals surface area contributed by atoms with Gasteiger partial charge < -0.3 is 20.3 Å². The van der Waals surface area contributed by atoms with Gasteiger partial charge in [-0.25, -0.2) is 0 Å². The number of nitrogens with two attached hydrogens (primary N) is 1. The lowest BCUT2D eigenvalue weighted by molar-refractivity contribution is 0.199. The fraction of sp³-hybridized carbons (Fsp3) is 0.706. The van der Waals surface area contributed by atoms with Gasteiger partial charge in [-0.05, 0) is 44.6 Å². The van der Waals surface area contributed by atoms with Gasteiger partial charge in [0, 0.05) is 18.3 Å². The van der Waals surface area contributed by atoms with Crippen LogP contribution < -0.4 is 5.73 Å². The lowest BCUT2D eigenvalue weighted by Gasteiger charge is -2.28. The van der Waals surface area contributed by atoms with Crippen LogP contribution in [-0.2, 0) is 9.47 Å². The highest BCUT2D eigenvalue weighted by Gasteiger charge is 2.28. The van der Waals surface area contributed by atoms with E-state index in [2.05, 4.69) is 0 Å². The molecule has 0 aromatic carbocycles. The summed E-state index contributed by atoms with van der Waals surface area (Å²) in [6.45, 7) is 3.57. The quantitative estimate of drug-likeness (QED) is 0.818. The number of methoxy groups -OCH3 is 2.